The molecule has 0 spiro atoms. The Kier molecular flexibility index (Phi) is 21.1. The first-order valence-electron chi connectivity index (χ1n) is 18.7. The fraction of sp³-hybridized carbons (Fsp3) is 0.543. The van der Waals surface area contributed by atoms with Crippen LogP contribution in [-0.4, -0.2) is 87.9 Å². The van der Waals surface area contributed by atoms with E-state index in [-0.39, 0.29) is 99.3 Å². The number of aliphatic imine (C=N–C) groups is 4. The minimum atomic E-state index is -4.95. The minimum absolute atomic E-state index is 0.0343. The molecule has 0 radical (unpaired) electrons. The van der Waals surface area contributed by atoms with Crippen molar-refractivity contribution in [2.45, 2.75) is 70.1 Å². The molecule has 0 aromatic heterocycles. The van der Waals surface area contributed by atoms with Gasteiger partial charge in [0.2, 0.25) is 6.35 Å². The maximum atomic E-state index is 14.4. The molecule has 0 unspecified atom stereocenters. The number of halogens is 6. The molecule has 0 aliphatic carbocycles. The minimum Gasteiger partial charge on any atom is -0.493 e. The molecule has 2 rings (SSSR count). The molecule has 0 heterocycles. The number of guanidine groups is 4. The number of benzene rings is 2. The van der Waals surface area contributed by atoms with E-state index in [4.69, 9.17) is 64.8 Å². The highest BCUT2D eigenvalue weighted by Gasteiger charge is 2.37. The number of hydrogen-bond acceptors (Lipinski definition) is 11. The quantitative estimate of drug-likeness (QED) is 0.0192. The van der Waals surface area contributed by atoms with Gasteiger partial charge < -0.3 is 80.6 Å². The second-order valence-electron chi connectivity index (χ2n) is 12.8. The lowest BCUT2D eigenvalue weighted by Crippen LogP contribution is -2.29. The van der Waals surface area contributed by atoms with Crippen LogP contribution in [0.1, 0.15) is 62.5 Å². The van der Waals surface area contributed by atoms with Crippen LogP contribution in [0.4, 0.5) is 37.7 Å². The van der Waals surface area contributed by atoms with E-state index in [0.717, 1.165) is 12.1 Å². The average molecular weight is 867 g/mol. The Labute approximate surface area is 343 Å². The first-order valence-corrected chi connectivity index (χ1v) is 18.7. The maximum absolute atomic E-state index is 14.4. The van der Waals surface area contributed by atoms with Crippen LogP contribution in [0, 0.1) is 0 Å². The number of aliphatic hydroxyl groups is 1. The van der Waals surface area contributed by atoms with E-state index >= 15 is 0 Å². The van der Waals surface area contributed by atoms with Gasteiger partial charge in [0.05, 0.1) is 48.9 Å². The zero-order valence-corrected chi connectivity index (χ0v) is 33.0. The van der Waals surface area contributed by atoms with Gasteiger partial charge in [-0.1, -0.05) is 0 Å². The molecule has 0 atom stereocenters. The van der Waals surface area contributed by atoms with Crippen LogP contribution in [0.2, 0.25) is 0 Å². The summed E-state index contributed by atoms with van der Waals surface area (Å²) in [6, 6.07) is 3.28. The van der Waals surface area contributed by atoms with Gasteiger partial charge >= 0.3 is 12.4 Å². The average Bonchev–Trinajstić information content (AvgIpc) is 3.13. The third kappa shape index (κ3) is 20.0. The summed E-state index contributed by atoms with van der Waals surface area (Å²) in [5.41, 5.74) is 39.4. The largest absolute Gasteiger partial charge is 0.493 e. The van der Waals surface area contributed by atoms with E-state index in [0.29, 0.717) is 63.5 Å². The number of unbranched alkanes of at least 4 members (excludes halogenated alkanes) is 4. The van der Waals surface area contributed by atoms with Gasteiger partial charge in [-0.05, 0) is 63.5 Å². The summed E-state index contributed by atoms with van der Waals surface area (Å²) in [7, 11) is 0. The van der Waals surface area contributed by atoms with Crippen LogP contribution >= 0.6 is 0 Å². The summed E-state index contributed by atoms with van der Waals surface area (Å²) in [5, 5.41) is 16.1. The lowest BCUT2D eigenvalue weighted by molar-refractivity contribution is -0.139. The van der Waals surface area contributed by atoms with Gasteiger partial charge in [-0.15, -0.1) is 0 Å². The van der Waals surface area contributed by atoms with Gasteiger partial charge in [0.15, 0.2) is 23.8 Å². The van der Waals surface area contributed by atoms with Gasteiger partial charge in [-0.25, -0.2) is 0 Å². The third-order valence-electron chi connectivity index (χ3n) is 7.78. The Morgan fingerprint density at radius 2 is 0.733 bits per heavy atom. The summed E-state index contributed by atoms with van der Waals surface area (Å²) in [4.78, 5) is 15.4. The van der Waals surface area contributed by atoms with E-state index in [1.54, 1.807) is 0 Å². The van der Waals surface area contributed by atoms with E-state index in [1.165, 1.54) is 0 Å². The lowest BCUT2D eigenvalue weighted by Gasteiger charge is -2.24. The van der Waals surface area contributed by atoms with E-state index in [1.807, 2.05) is 0 Å². The standard InChI is InChI=1S/C35H56F6N14O5/c36-34(37,38)21-17-23(27(59-15-7-3-11-52-31(46)47)19-25(21)57-13-5-1-9-50-29(42)43)54-33(56)55-24-18-22(35(39,40)41)26(58-14-6-2-10-51-30(44)45)20-28(24)60-16-8-4-12-53-32(48)49/h17-20,33,54-56H,1-16H2,(H4,42,43,50)(H4,44,45,51)(H4,46,47,52)(H4,48,49,53). The number of alkyl halides is 6. The molecule has 19 N–H and O–H groups in total. The zero-order chi connectivity index (χ0) is 44.7. The van der Waals surface area contributed by atoms with Crippen LogP contribution < -0.4 is 75.5 Å². The first kappa shape index (κ1) is 50.0. The molecule has 25 heteroatoms. The van der Waals surface area contributed by atoms with Crippen molar-refractivity contribution in [1.29, 1.82) is 0 Å². The van der Waals surface area contributed by atoms with Crippen LogP contribution in [0.5, 0.6) is 23.0 Å². The van der Waals surface area contributed by atoms with Crippen molar-refractivity contribution in [2.24, 2.45) is 65.8 Å². The molecular weight excluding hydrogens is 810 g/mol. The SMILES string of the molecule is NC(N)=NCCCCOc1cc(OCCCCN=C(N)N)c(C(F)(F)F)cc1NC(O)Nc1cc(C(F)(F)F)c(OCCCCN=C(N)N)cc1OCCCCN=C(N)N. The monoisotopic (exact) mass is 866 g/mol. The summed E-state index contributed by atoms with van der Waals surface area (Å²) >= 11 is 0. The highest BCUT2D eigenvalue weighted by molar-refractivity contribution is 5.76. The van der Waals surface area contributed by atoms with Crippen molar-refractivity contribution >= 4 is 35.2 Å². The fourth-order valence-electron chi connectivity index (χ4n) is 5.02. The number of rotatable bonds is 28. The second-order valence-corrected chi connectivity index (χ2v) is 12.8. The Morgan fingerprint density at radius 3 is 0.983 bits per heavy atom. The number of ether oxygens (including phenoxy) is 4. The molecule has 0 aliphatic rings. The lowest BCUT2D eigenvalue weighted by atomic mass is 10.1. The molecule has 0 saturated carbocycles. The molecule has 0 fully saturated rings. The molecule has 60 heavy (non-hydrogen) atoms. The number of nitrogens with two attached hydrogens (primary N) is 8. The second kappa shape index (κ2) is 25.4. The van der Waals surface area contributed by atoms with Crippen LogP contribution in [0.3, 0.4) is 0 Å². The van der Waals surface area contributed by atoms with Crippen molar-refractivity contribution in [3.8, 4) is 23.0 Å². The number of nitrogens with one attached hydrogen (secondary N) is 2. The van der Waals surface area contributed by atoms with Crippen molar-refractivity contribution in [3.63, 3.8) is 0 Å². The zero-order valence-electron chi connectivity index (χ0n) is 33.0. The van der Waals surface area contributed by atoms with Gasteiger partial charge in [0.25, 0.3) is 0 Å². The highest BCUT2D eigenvalue weighted by Crippen LogP contribution is 2.44. The number of hydrogen-bond donors (Lipinski definition) is 11. The van der Waals surface area contributed by atoms with Crippen molar-refractivity contribution < 1.29 is 50.4 Å². The Bertz CT molecular complexity index is 1610. The van der Waals surface area contributed by atoms with Crippen molar-refractivity contribution in [3.05, 3.63) is 35.4 Å². The van der Waals surface area contributed by atoms with Gasteiger partial charge in [0.1, 0.15) is 23.0 Å². The van der Waals surface area contributed by atoms with Crippen LogP contribution in [0.15, 0.2) is 44.2 Å². The highest BCUT2D eigenvalue weighted by atomic mass is 19.4. The number of aliphatic hydroxyl groups excluding tert-OH is 1. The van der Waals surface area contributed by atoms with Crippen LogP contribution in [0.25, 0.3) is 0 Å². The Hall–Kier alpha value is -6.14. The molecular formula is C35H56F6N14O5. The predicted molar refractivity (Wildman–Crippen MR) is 218 cm³/mol. The van der Waals surface area contributed by atoms with Crippen molar-refractivity contribution in [1.82, 2.24) is 0 Å². The summed E-state index contributed by atoms with van der Waals surface area (Å²) < 4.78 is 109. The van der Waals surface area contributed by atoms with E-state index < -0.39 is 41.3 Å². The smallest absolute Gasteiger partial charge is 0.420 e. The normalized spacial score (nSPS) is 11.3. The molecule has 338 valence electrons. The first-order chi connectivity index (χ1) is 28.3. The molecule has 0 aliphatic heterocycles. The molecule has 0 saturated heterocycles. The fourth-order valence-corrected chi connectivity index (χ4v) is 5.02. The summed E-state index contributed by atoms with van der Waals surface area (Å²) in [5.74, 6) is -2.03. The van der Waals surface area contributed by atoms with Gasteiger partial charge in [-0.3, -0.25) is 20.0 Å². The predicted octanol–water partition coefficient (Wildman–Crippen LogP) is 2.25. The molecule has 2 aromatic carbocycles. The topological polar surface area (TPSA) is 339 Å². The maximum Gasteiger partial charge on any atom is 0.420 e. The van der Waals surface area contributed by atoms with Gasteiger partial charge in [0, 0.05) is 38.3 Å². The molecule has 0 amide bonds. The Balaban J connectivity index is 2.48. The van der Waals surface area contributed by atoms with Crippen LogP contribution in [-0.2, 0) is 12.4 Å². The molecule has 0 bridgehead atoms. The van der Waals surface area contributed by atoms with E-state index in [9.17, 15) is 31.4 Å². The van der Waals surface area contributed by atoms with Crippen molar-refractivity contribution in [2.75, 3.05) is 63.2 Å². The number of nitrogens with zero attached hydrogens (tertiary/aromatic N) is 4. The van der Waals surface area contributed by atoms with Gasteiger partial charge in [-0.2, -0.15) is 26.3 Å². The molecule has 2 aromatic rings. The van der Waals surface area contributed by atoms with E-state index in [2.05, 4.69) is 30.6 Å². The molecule has 19 nitrogen and oxygen atoms in total. The summed E-state index contributed by atoms with van der Waals surface area (Å²) in [6.07, 6.45) is -8.92. The summed E-state index contributed by atoms with van der Waals surface area (Å²) in [6.45, 7) is 0.611. The third-order valence-corrected chi connectivity index (χ3v) is 7.78. The number of anilines is 2. The Morgan fingerprint density at radius 1 is 0.467 bits per heavy atom.